The summed E-state index contributed by atoms with van der Waals surface area (Å²) in [5, 5.41) is 2.85. The van der Waals surface area contributed by atoms with Gasteiger partial charge in [-0.3, -0.25) is 4.79 Å². The topological polar surface area (TPSA) is 38.3 Å². The maximum atomic E-state index is 12.1. The maximum absolute atomic E-state index is 12.1. The fraction of sp³-hybridized carbons (Fsp3) is 0.278. The Morgan fingerprint density at radius 2 is 1.71 bits per heavy atom. The number of aryl methyl sites for hydroxylation is 2. The lowest BCUT2D eigenvalue weighted by Gasteiger charge is -2.15. The van der Waals surface area contributed by atoms with E-state index in [1.54, 1.807) is 6.92 Å². The number of carbonyl (C=O) groups excluding carboxylic acids is 1. The van der Waals surface area contributed by atoms with Crippen LogP contribution < -0.4 is 10.1 Å². The highest BCUT2D eigenvalue weighted by Crippen LogP contribution is 2.15. The molecule has 3 heteroatoms. The summed E-state index contributed by atoms with van der Waals surface area (Å²) in [6.07, 6.45) is 0.447. The second-order valence-electron chi connectivity index (χ2n) is 5.11. The van der Waals surface area contributed by atoms with E-state index in [9.17, 15) is 4.79 Å². The van der Waals surface area contributed by atoms with Gasteiger partial charge in [-0.2, -0.15) is 0 Å². The molecule has 0 fully saturated rings. The Morgan fingerprint density at radius 1 is 1.10 bits per heavy atom. The molecule has 2 aromatic carbocycles. The van der Waals surface area contributed by atoms with Crippen LogP contribution in [-0.4, -0.2) is 12.0 Å². The Hall–Kier alpha value is -2.29. The van der Waals surface area contributed by atoms with Gasteiger partial charge in [-0.1, -0.05) is 36.8 Å². The first-order chi connectivity index (χ1) is 10.1. The van der Waals surface area contributed by atoms with E-state index in [-0.39, 0.29) is 5.91 Å². The van der Waals surface area contributed by atoms with Crippen LogP contribution in [0, 0.1) is 6.92 Å². The molecule has 2 rings (SSSR count). The summed E-state index contributed by atoms with van der Waals surface area (Å²) in [5.41, 5.74) is 3.19. The molecule has 1 atom stereocenters. The molecule has 0 aliphatic rings. The molecule has 1 N–H and O–H groups in total. The van der Waals surface area contributed by atoms with Crippen molar-refractivity contribution in [3.63, 3.8) is 0 Å². The third-order valence-electron chi connectivity index (χ3n) is 3.33. The minimum Gasteiger partial charge on any atom is -0.481 e. The van der Waals surface area contributed by atoms with Crippen LogP contribution in [-0.2, 0) is 11.2 Å². The van der Waals surface area contributed by atoms with Crippen LogP contribution in [0.1, 0.15) is 25.0 Å². The highest BCUT2D eigenvalue weighted by atomic mass is 16.5. The molecule has 0 unspecified atom stereocenters. The zero-order valence-electron chi connectivity index (χ0n) is 12.7. The lowest BCUT2D eigenvalue weighted by molar-refractivity contribution is -0.122. The molecule has 0 saturated heterocycles. The van der Waals surface area contributed by atoms with Gasteiger partial charge in [-0.25, -0.2) is 0 Å². The molecule has 21 heavy (non-hydrogen) atoms. The molecule has 1 amide bonds. The molecule has 0 aliphatic carbocycles. The molecule has 0 aromatic heterocycles. The van der Waals surface area contributed by atoms with E-state index < -0.39 is 6.10 Å². The molecule has 110 valence electrons. The van der Waals surface area contributed by atoms with Crippen molar-refractivity contribution in [2.75, 3.05) is 5.32 Å². The Labute approximate surface area is 126 Å². The molecule has 3 nitrogen and oxygen atoms in total. The quantitative estimate of drug-likeness (QED) is 0.902. The van der Waals surface area contributed by atoms with E-state index in [1.807, 2.05) is 55.5 Å². The zero-order valence-corrected chi connectivity index (χ0v) is 12.7. The predicted molar refractivity (Wildman–Crippen MR) is 85.7 cm³/mol. The van der Waals surface area contributed by atoms with Gasteiger partial charge in [0.1, 0.15) is 5.75 Å². The summed E-state index contributed by atoms with van der Waals surface area (Å²) in [5.74, 6) is 0.553. The van der Waals surface area contributed by atoms with E-state index >= 15 is 0 Å². The SMILES string of the molecule is CCc1ccc(O[C@H](C)C(=O)Nc2ccc(C)cc2)cc1. The summed E-state index contributed by atoms with van der Waals surface area (Å²) < 4.78 is 5.66. The molecule has 0 heterocycles. The number of anilines is 1. The van der Waals surface area contributed by atoms with Gasteiger partial charge in [-0.15, -0.1) is 0 Å². The summed E-state index contributed by atoms with van der Waals surface area (Å²) in [6.45, 7) is 5.86. The fourth-order valence-electron chi connectivity index (χ4n) is 1.94. The predicted octanol–water partition coefficient (Wildman–Crippen LogP) is 3.96. The summed E-state index contributed by atoms with van der Waals surface area (Å²) in [7, 11) is 0. The Kier molecular flexibility index (Phi) is 4.99. The van der Waals surface area contributed by atoms with Crippen molar-refractivity contribution >= 4 is 11.6 Å². The molecule has 0 bridgehead atoms. The highest BCUT2D eigenvalue weighted by Gasteiger charge is 2.14. The van der Waals surface area contributed by atoms with Crippen molar-refractivity contribution in [3.05, 3.63) is 59.7 Å². The van der Waals surface area contributed by atoms with Gasteiger partial charge in [0.15, 0.2) is 6.10 Å². The van der Waals surface area contributed by atoms with Gasteiger partial charge in [0.05, 0.1) is 0 Å². The lowest BCUT2D eigenvalue weighted by atomic mass is 10.2. The third-order valence-corrected chi connectivity index (χ3v) is 3.33. The van der Waals surface area contributed by atoms with Crippen LogP contribution in [0.2, 0.25) is 0 Å². The monoisotopic (exact) mass is 283 g/mol. The van der Waals surface area contributed by atoms with Crippen molar-refractivity contribution in [3.8, 4) is 5.75 Å². The van der Waals surface area contributed by atoms with Gasteiger partial charge in [0.25, 0.3) is 5.91 Å². The average molecular weight is 283 g/mol. The number of amides is 1. The molecule has 0 radical (unpaired) electrons. The summed E-state index contributed by atoms with van der Waals surface area (Å²) >= 11 is 0. The summed E-state index contributed by atoms with van der Waals surface area (Å²) in [4.78, 5) is 12.1. The number of carbonyl (C=O) groups is 1. The number of nitrogens with one attached hydrogen (secondary N) is 1. The van der Waals surface area contributed by atoms with E-state index in [1.165, 1.54) is 5.56 Å². The van der Waals surface area contributed by atoms with Crippen LogP contribution in [0.25, 0.3) is 0 Å². The van der Waals surface area contributed by atoms with Crippen LogP contribution in [0.4, 0.5) is 5.69 Å². The lowest BCUT2D eigenvalue weighted by Crippen LogP contribution is -2.30. The van der Waals surface area contributed by atoms with Gasteiger partial charge in [-0.05, 0) is 50.1 Å². The van der Waals surface area contributed by atoms with E-state index in [0.717, 1.165) is 17.7 Å². The molecule has 0 saturated carbocycles. The fourth-order valence-corrected chi connectivity index (χ4v) is 1.94. The van der Waals surface area contributed by atoms with Crippen molar-refractivity contribution < 1.29 is 9.53 Å². The third kappa shape index (κ3) is 4.35. The average Bonchev–Trinajstić information content (AvgIpc) is 2.50. The number of rotatable bonds is 5. The standard InChI is InChI=1S/C18H21NO2/c1-4-15-7-11-17(12-8-15)21-14(3)18(20)19-16-9-5-13(2)6-10-16/h5-12,14H,4H2,1-3H3,(H,19,20)/t14-/m1/s1. The second kappa shape index (κ2) is 6.93. The van der Waals surface area contributed by atoms with Gasteiger partial charge < -0.3 is 10.1 Å². The van der Waals surface area contributed by atoms with Crippen LogP contribution in [0.5, 0.6) is 5.75 Å². The van der Waals surface area contributed by atoms with E-state index in [4.69, 9.17) is 4.74 Å². The van der Waals surface area contributed by atoms with Crippen LogP contribution >= 0.6 is 0 Å². The normalized spacial score (nSPS) is 11.8. The largest absolute Gasteiger partial charge is 0.481 e. The first kappa shape index (κ1) is 15.1. The summed E-state index contributed by atoms with van der Waals surface area (Å²) in [6, 6.07) is 15.5. The maximum Gasteiger partial charge on any atom is 0.265 e. The Balaban J connectivity index is 1.93. The number of hydrogen-bond acceptors (Lipinski definition) is 2. The first-order valence-electron chi connectivity index (χ1n) is 7.21. The van der Waals surface area contributed by atoms with Crippen molar-refractivity contribution in [2.45, 2.75) is 33.3 Å². The van der Waals surface area contributed by atoms with Gasteiger partial charge >= 0.3 is 0 Å². The molecular formula is C18H21NO2. The molecule has 2 aromatic rings. The van der Waals surface area contributed by atoms with Gasteiger partial charge in [0, 0.05) is 5.69 Å². The molecule has 0 spiro atoms. The van der Waals surface area contributed by atoms with Crippen molar-refractivity contribution in [1.29, 1.82) is 0 Å². The van der Waals surface area contributed by atoms with Crippen LogP contribution in [0.3, 0.4) is 0 Å². The van der Waals surface area contributed by atoms with E-state index in [2.05, 4.69) is 12.2 Å². The number of benzene rings is 2. The number of hydrogen-bond donors (Lipinski definition) is 1. The molecule has 0 aliphatic heterocycles. The zero-order chi connectivity index (χ0) is 15.2. The second-order valence-corrected chi connectivity index (χ2v) is 5.11. The smallest absolute Gasteiger partial charge is 0.265 e. The number of ether oxygens (including phenoxy) is 1. The Bertz CT molecular complexity index is 588. The van der Waals surface area contributed by atoms with E-state index in [0.29, 0.717) is 5.75 Å². The molecular weight excluding hydrogens is 262 g/mol. The minimum absolute atomic E-state index is 0.154. The first-order valence-corrected chi connectivity index (χ1v) is 7.21. The van der Waals surface area contributed by atoms with Crippen LogP contribution in [0.15, 0.2) is 48.5 Å². The van der Waals surface area contributed by atoms with Gasteiger partial charge in [0.2, 0.25) is 0 Å². The van der Waals surface area contributed by atoms with Crippen molar-refractivity contribution in [2.24, 2.45) is 0 Å². The minimum atomic E-state index is -0.543. The Morgan fingerprint density at radius 3 is 2.29 bits per heavy atom. The highest BCUT2D eigenvalue weighted by molar-refractivity contribution is 5.94. The van der Waals surface area contributed by atoms with Crippen molar-refractivity contribution in [1.82, 2.24) is 0 Å².